The maximum atomic E-state index is 11.9. The lowest BCUT2D eigenvalue weighted by atomic mass is 10.1. The smallest absolute Gasteiger partial charge is 0.387 e. The number of hydrogen-bond donors (Lipinski definition) is 8. The number of nitrogens with two attached hydrogens (primary N) is 1. The average molecular weight is 504 g/mol. The second-order valence-electron chi connectivity index (χ2n) is 6.36. The first-order chi connectivity index (χ1) is 14.2. The van der Waals surface area contributed by atoms with E-state index >= 15 is 0 Å². The number of nitrogens with one attached hydrogen (secondary N) is 1. The van der Waals surface area contributed by atoms with E-state index < -0.39 is 52.5 Å². The van der Waals surface area contributed by atoms with Gasteiger partial charge in [-0.15, -0.1) is 0 Å². The Bertz CT molecular complexity index is 1140. The van der Waals surface area contributed by atoms with Crippen molar-refractivity contribution in [2.45, 2.75) is 24.5 Å². The molecule has 1 aliphatic heterocycles. The van der Waals surface area contributed by atoms with Crippen molar-refractivity contribution in [3.63, 3.8) is 0 Å². The van der Waals surface area contributed by atoms with Crippen molar-refractivity contribution in [1.29, 1.82) is 0 Å². The van der Waals surface area contributed by atoms with Crippen molar-refractivity contribution >= 4 is 44.2 Å². The van der Waals surface area contributed by atoms with Gasteiger partial charge in [-0.1, -0.05) is 0 Å². The molecule has 0 spiro atoms. The van der Waals surface area contributed by atoms with Crippen molar-refractivity contribution in [3.05, 3.63) is 6.33 Å². The Kier molecular flexibility index (Phi) is 6.34. The van der Waals surface area contributed by atoms with Gasteiger partial charge in [-0.25, -0.2) is 14.1 Å². The molecular weight excluding hydrogens is 485 g/mol. The largest absolute Gasteiger partial charge is 0.422 e. The van der Waals surface area contributed by atoms with E-state index in [0.29, 0.717) is 0 Å². The van der Waals surface area contributed by atoms with Crippen LogP contribution in [0.2, 0.25) is 0 Å². The Morgan fingerprint density at radius 3 is 2.42 bits per heavy atom. The van der Waals surface area contributed by atoms with Crippen LogP contribution in [-0.4, -0.2) is 81.3 Å². The molecule has 0 radical (unpaired) electrons. The number of nitrogen functional groups attached to an aromatic ring is 1. The summed E-state index contributed by atoms with van der Waals surface area (Å²) in [7, 11) is -10.1. The molecule has 0 amide bonds. The molecule has 3 unspecified atom stereocenters. The van der Waals surface area contributed by atoms with E-state index in [4.69, 9.17) is 20.3 Å². The minimum atomic E-state index is -5.98. The first-order valence-corrected chi connectivity index (χ1v) is 14.5. The van der Waals surface area contributed by atoms with Crippen molar-refractivity contribution in [2.24, 2.45) is 0 Å². The first kappa shape index (κ1) is 24.2. The van der Waals surface area contributed by atoms with Crippen LogP contribution in [0, 0.1) is 0 Å². The Balaban J connectivity index is 1.84. The van der Waals surface area contributed by atoms with Crippen molar-refractivity contribution in [1.82, 2.24) is 19.5 Å². The van der Waals surface area contributed by atoms with E-state index in [1.165, 1.54) is 10.9 Å². The molecule has 31 heavy (non-hydrogen) atoms. The van der Waals surface area contributed by atoms with E-state index in [1.807, 2.05) is 0 Å². The van der Waals surface area contributed by atoms with Crippen LogP contribution < -0.4 is 11.1 Å². The minimum Gasteiger partial charge on any atom is -0.387 e. The van der Waals surface area contributed by atoms with Crippen LogP contribution in [0.4, 0.5) is 11.8 Å². The van der Waals surface area contributed by atoms with E-state index in [-0.39, 0.29) is 22.9 Å². The highest BCUT2D eigenvalue weighted by Gasteiger charge is 2.58. The van der Waals surface area contributed by atoms with Gasteiger partial charge in [0.1, 0.15) is 18.3 Å². The Labute approximate surface area is 172 Å². The zero-order valence-corrected chi connectivity index (χ0v) is 18.2. The van der Waals surface area contributed by atoms with Gasteiger partial charge in [-0.3, -0.25) is 13.7 Å². The van der Waals surface area contributed by atoms with Gasteiger partial charge in [0.15, 0.2) is 23.2 Å². The highest BCUT2D eigenvalue weighted by Crippen LogP contribution is 2.94. The molecule has 2 aromatic heterocycles. The summed E-state index contributed by atoms with van der Waals surface area (Å²) >= 11 is 0. The van der Waals surface area contributed by atoms with Gasteiger partial charge >= 0.3 is 21.3 Å². The van der Waals surface area contributed by atoms with E-state index in [2.05, 4.69) is 24.8 Å². The van der Waals surface area contributed by atoms with E-state index in [0.717, 1.165) is 0 Å². The molecule has 174 valence electrons. The molecule has 20 heteroatoms. The lowest BCUT2D eigenvalue weighted by molar-refractivity contribution is -0.0480. The van der Waals surface area contributed by atoms with Gasteiger partial charge < -0.3 is 45.6 Å². The summed E-state index contributed by atoms with van der Waals surface area (Å²) in [6, 6.07) is 0. The van der Waals surface area contributed by atoms with Crippen LogP contribution in [-0.2, 0) is 23.0 Å². The number of fused-ring (bicyclic) bond motifs is 1. The predicted molar refractivity (Wildman–Crippen MR) is 103 cm³/mol. The molecule has 0 aromatic carbocycles. The molecule has 0 bridgehead atoms. The minimum absolute atomic E-state index is 0.115. The predicted octanol–water partition coefficient (Wildman–Crippen LogP) is -1.45. The molecule has 9 N–H and O–H groups in total. The van der Waals surface area contributed by atoms with Crippen molar-refractivity contribution in [3.8, 4) is 0 Å². The van der Waals surface area contributed by atoms with Gasteiger partial charge in [-0.2, -0.15) is 9.97 Å². The number of aliphatic hydroxyl groups is 2. The highest BCUT2D eigenvalue weighted by atomic mass is 32.5. The number of ether oxygens (including phenoxy) is 1. The fourth-order valence-electron chi connectivity index (χ4n) is 2.78. The molecule has 17 nitrogen and oxygen atoms in total. The number of anilines is 2. The number of rotatable bonds is 7. The summed E-state index contributed by atoms with van der Waals surface area (Å²) in [5.41, 5.74) is 6.01. The molecule has 3 heterocycles. The standard InChI is InChI=1S/C11H19N6O11P3/c1-13-8-5-9(16-11(12)15-8)17(3-14-5)10-7(19)6(18)4(28-10)2-27-30(23,24)31(25,26)29(20,21)22/h3-4,6-7,10,18-19H,2H2,1H3,(H,23,24)(H,25,26)(H2,20,21,22)(H3,12,13,15,16)/t4-,6?,7+,10-/m1/s1. The molecule has 0 saturated carbocycles. The summed E-state index contributed by atoms with van der Waals surface area (Å²) in [6.45, 7) is -7.04. The van der Waals surface area contributed by atoms with Gasteiger partial charge in [0, 0.05) is 7.05 Å². The quantitative estimate of drug-likeness (QED) is 0.200. The van der Waals surface area contributed by atoms with Crippen LogP contribution in [0.5, 0.6) is 0 Å². The molecule has 3 rings (SSSR count). The normalized spacial score (nSPS) is 28.4. The Hall–Kier alpha value is -1.48. The zero-order chi connectivity index (χ0) is 23.4. The fraction of sp³-hybridized carbons (Fsp3) is 0.545. The zero-order valence-electron chi connectivity index (χ0n) is 15.5. The third kappa shape index (κ3) is 4.15. The monoisotopic (exact) mass is 504 g/mol. The third-order valence-corrected chi connectivity index (χ3v) is 14.7. The average Bonchev–Trinajstić information content (AvgIpc) is 3.20. The molecule has 6 atom stereocenters. The van der Waals surface area contributed by atoms with Crippen LogP contribution in [0.25, 0.3) is 11.2 Å². The van der Waals surface area contributed by atoms with Crippen LogP contribution >= 0.6 is 21.3 Å². The summed E-state index contributed by atoms with van der Waals surface area (Å²) in [4.78, 5) is 48.5. The number of hydrogen-bond acceptors (Lipinski definition) is 12. The lowest BCUT2D eigenvalue weighted by Crippen LogP contribution is -2.33. The van der Waals surface area contributed by atoms with E-state index in [9.17, 15) is 33.7 Å². The second kappa shape index (κ2) is 8.14. The van der Waals surface area contributed by atoms with Gasteiger partial charge in [0.05, 0.1) is 12.9 Å². The molecule has 1 fully saturated rings. The third-order valence-electron chi connectivity index (χ3n) is 4.36. The summed E-state index contributed by atoms with van der Waals surface area (Å²) < 4.78 is 45.6. The number of imidazole rings is 1. The number of aromatic nitrogens is 4. The van der Waals surface area contributed by atoms with Gasteiger partial charge in [0.25, 0.3) is 0 Å². The Morgan fingerprint density at radius 1 is 1.19 bits per heavy atom. The first-order valence-electron chi connectivity index (χ1n) is 8.27. The van der Waals surface area contributed by atoms with E-state index in [1.54, 1.807) is 7.05 Å². The van der Waals surface area contributed by atoms with Crippen LogP contribution in [0.1, 0.15) is 6.23 Å². The second-order valence-corrected chi connectivity index (χ2v) is 16.9. The van der Waals surface area contributed by atoms with Crippen molar-refractivity contribution in [2.75, 3.05) is 24.7 Å². The van der Waals surface area contributed by atoms with Gasteiger partial charge in [-0.05, 0) is 0 Å². The van der Waals surface area contributed by atoms with Crippen LogP contribution in [0.15, 0.2) is 6.33 Å². The molecule has 1 aliphatic rings. The summed E-state index contributed by atoms with van der Waals surface area (Å²) in [5, 5.41) is 23.3. The Morgan fingerprint density at radius 2 is 1.84 bits per heavy atom. The summed E-state index contributed by atoms with van der Waals surface area (Å²) in [6.07, 6.45) is -5.03. The fourth-order valence-corrected chi connectivity index (χ4v) is 8.22. The maximum absolute atomic E-state index is 11.9. The van der Waals surface area contributed by atoms with Crippen LogP contribution in [0.3, 0.4) is 0 Å². The number of aliphatic hydroxyl groups excluding tert-OH is 2. The molecule has 0 aliphatic carbocycles. The maximum Gasteiger partial charge on any atom is 0.422 e. The van der Waals surface area contributed by atoms with Crippen molar-refractivity contribution < 1.29 is 52.7 Å². The number of nitrogens with zero attached hydrogens (tertiary/aromatic N) is 4. The molecule has 2 aromatic rings. The topological polar surface area (TPSA) is 273 Å². The molecular formula is C11H19N6O11P3. The summed E-state index contributed by atoms with van der Waals surface area (Å²) in [5.74, 6) is 0.135. The highest BCUT2D eigenvalue weighted by molar-refractivity contribution is 8.60. The lowest BCUT2D eigenvalue weighted by Gasteiger charge is -2.21. The molecule has 1 saturated heterocycles. The SMILES string of the molecule is CNc1nc(N)nc2c1ncn2[C@@H]1O[C@H](COP(=O)(O)P(=O)(O)P(=O)(O)O)C(O)[C@@H]1O. The van der Waals surface area contributed by atoms with Gasteiger partial charge in [0.2, 0.25) is 5.95 Å².